The molecule has 1 aliphatic carbocycles. The van der Waals surface area contributed by atoms with Crippen molar-refractivity contribution in [3.05, 3.63) is 23.8 Å². The smallest absolute Gasteiger partial charge is 0.231 e. The van der Waals surface area contributed by atoms with E-state index in [9.17, 15) is 5.11 Å². The molecule has 1 aromatic carbocycles. The van der Waals surface area contributed by atoms with Gasteiger partial charge in [-0.05, 0) is 30.0 Å². The minimum atomic E-state index is -0.601. The molecule has 1 fully saturated rings. The maximum absolute atomic E-state index is 10.1. The zero-order valence-electron chi connectivity index (χ0n) is 11.0. The van der Waals surface area contributed by atoms with Crippen LogP contribution in [0, 0.1) is 5.92 Å². The Morgan fingerprint density at radius 3 is 2.89 bits per heavy atom. The predicted octanol–water partition coefficient (Wildman–Crippen LogP) is 2.66. The van der Waals surface area contributed by atoms with Crippen LogP contribution in [0.1, 0.15) is 37.4 Å². The molecule has 104 valence electrons. The molecule has 0 spiro atoms. The van der Waals surface area contributed by atoms with Crippen LogP contribution in [0.3, 0.4) is 0 Å². The molecule has 3 rings (SSSR count). The molecule has 1 unspecified atom stereocenters. The summed E-state index contributed by atoms with van der Waals surface area (Å²) in [5.41, 5.74) is 0.813. The number of hydrogen-bond acceptors (Lipinski definition) is 4. The van der Waals surface area contributed by atoms with E-state index in [2.05, 4.69) is 0 Å². The van der Waals surface area contributed by atoms with Crippen LogP contribution in [-0.2, 0) is 4.74 Å². The summed E-state index contributed by atoms with van der Waals surface area (Å²) in [5.74, 6) is 2.29. The average molecular weight is 264 g/mol. The molecule has 0 aromatic heterocycles. The number of hydrogen-bond donors (Lipinski definition) is 1. The SMILES string of the molecule is OC(COCCC1CCC1)c1ccc2c(c1)OCO2. The van der Waals surface area contributed by atoms with E-state index in [1.54, 1.807) is 0 Å². The minimum absolute atomic E-state index is 0.257. The lowest BCUT2D eigenvalue weighted by Crippen LogP contribution is -2.15. The first-order valence-corrected chi connectivity index (χ1v) is 6.98. The highest BCUT2D eigenvalue weighted by Gasteiger charge is 2.18. The third-order valence-corrected chi connectivity index (χ3v) is 3.95. The molecule has 1 saturated carbocycles. The van der Waals surface area contributed by atoms with Gasteiger partial charge in [-0.3, -0.25) is 0 Å². The standard InChI is InChI=1S/C15H20O4/c16-13(9-17-7-6-11-2-1-3-11)12-4-5-14-15(8-12)19-10-18-14/h4-5,8,11,13,16H,1-3,6-7,9-10H2. The maximum atomic E-state index is 10.1. The van der Waals surface area contributed by atoms with Crippen molar-refractivity contribution in [3.8, 4) is 11.5 Å². The third kappa shape index (κ3) is 3.01. The van der Waals surface area contributed by atoms with Gasteiger partial charge in [0.05, 0.1) is 6.61 Å². The summed E-state index contributed by atoms with van der Waals surface area (Å²) in [5, 5.41) is 10.1. The highest BCUT2D eigenvalue weighted by Crippen LogP contribution is 2.34. The monoisotopic (exact) mass is 264 g/mol. The predicted molar refractivity (Wildman–Crippen MR) is 70.3 cm³/mol. The highest BCUT2D eigenvalue weighted by molar-refractivity contribution is 5.45. The first-order chi connectivity index (χ1) is 9.33. The summed E-state index contributed by atoms with van der Waals surface area (Å²) in [7, 11) is 0. The highest BCUT2D eigenvalue weighted by atomic mass is 16.7. The molecule has 4 heteroatoms. The lowest BCUT2D eigenvalue weighted by Gasteiger charge is -2.25. The van der Waals surface area contributed by atoms with Crippen molar-refractivity contribution in [1.82, 2.24) is 0 Å². The molecule has 0 radical (unpaired) electrons. The molecular weight excluding hydrogens is 244 g/mol. The molecule has 1 heterocycles. The zero-order valence-corrected chi connectivity index (χ0v) is 11.0. The zero-order chi connectivity index (χ0) is 13.1. The van der Waals surface area contributed by atoms with Crippen molar-refractivity contribution in [1.29, 1.82) is 0 Å². The van der Waals surface area contributed by atoms with Crippen molar-refractivity contribution >= 4 is 0 Å². The Hall–Kier alpha value is -1.26. The van der Waals surface area contributed by atoms with Gasteiger partial charge < -0.3 is 19.3 Å². The van der Waals surface area contributed by atoms with E-state index in [1.165, 1.54) is 19.3 Å². The average Bonchev–Trinajstić information content (AvgIpc) is 2.83. The van der Waals surface area contributed by atoms with Gasteiger partial charge in [0.25, 0.3) is 0 Å². The van der Waals surface area contributed by atoms with E-state index in [-0.39, 0.29) is 6.79 Å². The molecule has 1 aromatic rings. The Labute approximate surface area is 113 Å². The second kappa shape index (κ2) is 5.80. The van der Waals surface area contributed by atoms with Crippen LogP contribution in [0.25, 0.3) is 0 Å². The van der Waals surface area contributed by atoms with Gasteiger partial charge in [0, 0.05) is 6.61 Å². The van der Waals surface area contributed by atoms with Crippen molar-refractivity contribution in [2.75, 3.05) is 20.0 Å². The van der Waals surface area contributed by atoms with E-state index in [1.807, 2.05) is 18.2 Å². The van der Waals surface area contributed by atoms with Crippen LogP contribution in [0.2, 0.25) is 0 Å². The third-order valence-electron chi connectivity index (χ3n) is 3.95. The van der Waals surface area contributed by atoms with Gasteiger partial charge in [-0.25, -0.2) is 0 Å². The molecule has 2 aliphatic rings. The van der Waals surface area contributed by atoms with Gasteiger partial charge in [0.15, 0.2) is 11.5 Å². The van der Waals surface area contributed by atoms with Crippen molar-refractivity contribution < 1.29 is 19.3 Å². The fourth-order valence-corrected chi connectivity index (χ4v) is 2.44. The number of fused-ring (bicyclic) bond motifs is 1. The van der Waals surface area contributed by atoms with Gasteiger partial charge in [0.2, 0.25) is 6.79 Å². The largest absolute Gasteiger partial charge is 0.454 e. The van der Waals surface area contributed by atoms with Crippen LogP contribution in [-0.4, -0.2) is 25.1 Å². The molecular formula is C15H20O4. The fourth-order valence-electron chi connectivity index (χ4n) is 2.44. The number of aliphatic hydroxyl groups is 1. The number of aliphatic hydroxyl groups excluding tert-OH is 1. The summed E-state index contributed by atoms with van der Waals surface area (Å²) in [6.45, 7) is 1.34. The van der Waals surface area contributed by atoms with Crippen LogP contribution >= 0.6 is 0 Å². The molecule has 0 bridgehead atoms. The Kier molecular flexibility index (Phi) is 3.89. The Morgan fingerprint density at radius 1 is 1.26 bits per heavy atom. The number of ether oxygens (including phenoxy) is 3. The Bertz CT molecular complexity index is 428. The fraction of sp³-hybridized carbons (Fsp3) is 0.600. The number of benzene rings is 1. The lowest BCUT2D eigenvalue weighted by molar-refractivity contribution is 0.0265. The second-order valence-corrected chi connectivity index (χ2v) is 5.29. The Balaban J connectivity index is 1.45. The molecule has 1 aliphatic heterocycles. The quantitative estimate of drug-likeness (QED) is 0.802. The van der Waals surface area contributed by atoms with Gasteiger partial charge in [-0.15, -0.1) is 0 Å². The van der Waals surface area contributed by atoms with Crippen molar-refractivity contribution in [2.45, 2.75) is 31.8 Å². The molecule has 1 N–H and O–H groups in total. The van der Waals surface area contributed by atoms with Crippen molar-refractivity contribution in [3.63, 3.8) is 0 Å². The lowest BCUT2D eigenvalue weighted by atomic mass is 9.83. The molecule has 4 nitrogen and oxygen atoms in total. The van der Waals surface area contributed by atoms with E-state index in [0.29, 0.717) is 12.4 Å². The summed E-state index contributed by atoms with van der Waals surface area (Å²) in [6, 6.07) is 5.50. The summed E-state index contributed by atoms with van der Waals surface area (Å²) < 4.78 is 16.1. The molecule has 0 amide bonds. The van der Waals surface area contributed by atoms with E-state index in [0.717, 1.165) is 30.3 Å². The number of rotatable bonds is 6. The van der Waals surface area contributed by atoms with E-state index < -0.39 is 6.10 Å². The summed E-state index contributed by atoms with van der Waals surface area (Å²) in [6.07, 6.45) is 4.57. The first kappa shape index (κ1) is 12.8. The summed E-state index contributed by atoms with van der Waals surface area (Å²) in [4.78, 5) is 0. The summed E-state index contributed by atoms with van der Waals surface area (Å²) >= 11 is 0. The van der Waals surface area contributed by atoms with Gasteiger partial charge in [-0.2, -0.15) is 0 Å². The van der Waals surface area contributed by atoms with Crippen molar-refractivity contribution in [2.24, 2.45) is 5.92 Å². The molecule has 1 atom stereocenters. The maximum Gasteiger partial charge on any atom is 0.231 e. The molecule has 0 saturated heterocycles. The minimum Gasteiger partial charge on any atom is -0.454 e. The van der Waals surface area contributed by atoms with Gasteiger partial charge in [0.1, 0.15) is 6.10 Å². The molecule has 19 heavy (non-hydrogen) atoms. The van der Waals surface area contributed by atoms with Crippen LogP contribution < -0.4 is 9.47 Å². The van der Waals surface area contributed by atoms with Crippen LogP contribution in [0.4, 0.5) is 0 Å². The van der Waals surface area contributed by atoms with E-state index in [4.69, 9.17) is 14.2 Å². The van der Waals surface area contributed by atoms with Gasteiger partial charge >= 0.3 is 0 Å². The van der Waals surface area contributed by atoms with Crippen LogP contribution in [0.5, 0.6) is 11.5 Å². The topological polar surface area (TPSA) is 47.9 Å². The van der Waals surface area contributed by atoms with Gasteiger partial charge in [-0.1, -0.05) is 25.3 Å². The van der Waals surface area contributed by atoms with Crippen LogP contribution in [0.15, 0.2) is 18.2 Å². The second-order valence-electron chi connectivity index (χ2n) is 5.29. The first-order valence-electron chi connectivity index (χ1n) is 6.98. The Morgan fingerprint density at radius 2 is 2.11 bits per heavy atom. The van der Waals surface area contributed by atoms with E-state index >= 15 is 0 Å². The normalized spacial score (nSPS) is 19.2.